The largest absolute Gasteiger partial charge is 0.354 e. The monoisotopic (exact) mass is 420 g/mol. The molecule has 4 rings (SSSR count). The van der Waals surface area contributed by atoms with Crippen molar-refractivity contribution < 1.29 is 4.79 Å². The second-order valence-electron chi connectivity index (χ2n) is 7.17. The lowest BCUT2D eigenvalue weighted by Gasteiger charge is -1.97. The van der Waals surface area contributed by atoms with Crippen LogP contribution in [-0.4, -0.2) is 17.0 Å². The van der Waals surface area contributed by atoms with Gasteiger partial charge in [0.15, 0.2) is 6.29 Å². The summed E-state index contributed by atoms with van der Waals surface area (Å²) in [5, 5.41) is 0. The average molecular weight is 421 g/mol. The molecule has 0 aliphatic carbocycles. The molecule has 0 saturated carbocycles. The summed E-state index contributed by atoms with van der Waals surface area (Å²) >= 11 is 3.57. The van der Waals surface area contributed by atoms with E-state index in [2.05, 4.69) is 56.1 Å². The van der Waals surface area contributed by atoms with Gasteiger partial charge in [0.25, 0.3) is 0 Å². The molecule has 0 atom stereocenters. The molecule has 0 amide bonds. The van der Waals surface area contributed by atoms with Crippen LogP contribution in [0.4, 0.5) is 0 Å². The summed E-state index contributed by atoms with van der Waals surface area (Å²) in [6.07, 6.45) is 4.97. The zero-order valence-corrected chi connectivity index (χ0v) is 18.8. The summed E-state index contributed by atoms with van der Waals surface area (Å²) in [7, 11) is 0. The number of aryl methyl sites for hydroxylation is 3. The molecule has 4 heterocycles. The number of hydrogen-bond donors (Lipinski definition) is 1. The molecule has 1 aliphatic heterocycles. The van der Waals surface area contributed by atoms with Crippen LogP contribution >= 0.6 is 22.7 Å². The highest BCUT2D eigenvalue weighted by Gasteiger charge is 2.23. The average Bonchev–Trinajstić information content (AvgIpc) is 3.48. The molecule has 0 unspecified atom stereocenters. The van der Waals surface area contributed by atoms with E-state index >= 15 is 0 Å². The number of allylic oxidation sites excluding steroid dienone is 2. The number of nitrogens with zero attached hydrogens (tertiary/aromatic N) is 1. The van der Waals surface area contributed by atoms with Gasteiger partial charge in [-0.15, -0.1) is 22.7 Å². The van der Waals surface area contributed by atoms with Crippen molar-refractivity contribution in [1.29, 1.82) is 0 Å². The van der Waals surface area contributed by atoms with Crippen LogP contribution in [0.3, 0.4) is 0 Å². The summed E-state index contributed by atoms with van der Waals surface area (Å²) < 4.78 is 0. The van der Waals surface area contributed by atoms with Crippen LogP contribution in [0.15, 0.2) is 52.2 Å². The van der Waals surface area contributed by atoms with Crippen molar-refractivity contribution >= 4 is 40.7 Å². The Morgan fingerprint density at radius 1 is 1.00 bits per heavy atom. The highest BCUT2D eigenvalue weighted by atomic mass is 32.1. The number of rotatable bonds is 6. The van der Waals surface area contributed by atoms with E-state index in [1.165, 1.54) is 20.2 Å². The van der Waals surface area contributed by atoms with Crippen LogP contribution in [0.1, 0.15) is 46.7 Å². The molecule has 148 valence electrons. The third-order valence-corrected chi connectivity index (χ3v) is 7.70. The smallest absolute Gasteiger partial charge is 0.152 e. The molecule has 0 bridgehead atoms. The molecule has 0 saturated heterocycles. The number of aromatic amines is 1. The Bertz CT molecular complexity index is 1170. The lowest BCUT2D eigenvalue weighted by atomic mass is 10.1. The number of nitrogens with one attached hydrogen (secondary N) is 1. The van der Waals surface area contributed by atoms with Gasteiger partial charge < -0.3 is 4.98 Å². The minimum Gasteiger partial charge on any atom is -0.354 e. The number of aromatic nitrogens is 1. The standard InChI is InChI=1S/C24H24N2OS2/c1-5-17-7-9-21(28-17)23-14(3)11-16(25-23)12-20-19(13-27)15(4)24(26-20)22-10-8-18(6-2)29-22/h7-13,25H,5-6H2,1-4H3/b20-12-. The maximum absolute atomic E-state index is 11.8. The lowest BCUT2D eigenvalue weighted by molar-refractivity contribution is -0.104. The van der Waals surface area contributed by atoms with E-state index in [-0.39, 0.29) is 0 Å². The van der Waals surface area contributed by atoms with Crippen LogP contribution in [0, 0.1) is 6.92 Å². The summed E-state index contributed by atoms with van der Waals surface area (Å²) in [6.45, 7) is 8.43. The number of aldehydes is 1. The summed E-state index contributed by atoms with van der Waals surface area (Å²) in [4.78, 5) is 25.2. The molecule has 3 aromatic heterocycles. The molecule has 3 aromatic rings. The first-order chi connectivity index (χ1) is 14.0. The molecule has 0 aromatic carbocycles. The van der Waals surface area contributed by atoms with Gasteiger partial charge in [-0.3, -0.25) is 4.79 Å². The van der Waals surface area contributed by atoms with Crippen molar-refractivity contribution in [3.8, 4) is 10.6 Å². The Hall–Kier alpha value is -2.50. The summed E-state index contributed by atoms with van der Waals surface area (Å²) in [6, 6.07) is 10.7. The van der Waals surface area contributed by atoms with Gasteiger partial charge in [-0.25, -0.2) is 4.99 Å². The minimum absolute atomic E-state index is 0.671. The maximum Gasteiger partial charge on any atom is 0.152 e. The van der Waals surface area contributed by atoms with E-state index in [4.69, 9.17) is 4.99 Å². The molecular formula is C24H24N2OS2. The molecule has 5 heteroatoms. The van der Waals surface area contributed by atoms with Crippen molar-refractivity contribution in [3.63, 3.8) is 0 Å². The van der Waals surface area contributed by atoms with Crippen LogP contribution in [0.25, 0.3) is 16.6 Å². The van der Waals surface area contributed by atoms with Crippen molar-refractivity contribution in [2.24, 2.45) is 4.99 Å². The van der Waals surface area contributed by atoms with Crippen LogP contribution < -0.4 is 0 Å². The quantitative estimate of drug-likeness (QED) is 0.449. The van der Waals surface area contributed by atoms with Crippen LogP contribution in [0.5, 0.6) is 0 Å². The molecule has 1 N–H and O–H groups in total. The van der Waals surface area contributed by atoms with Crippen LogP contribution in [0.2, 0.25) is 0 Å². The lowest BCUT2D eigenvalue weighted by Crippen LogP contribution is -1.97. The highest BCUT2D eigenvalue weighted by Crippen LogP contribution is 2.34. The maximum atomic E-state index is 11.8. The van der Waals surface area contributed by atoms with Gasteiger partial charge in [0, 0.05) is 21.0 Å². The van der Waals surface area contributed by atoms with E-state index in [9.17, 15) is 4.79 Å². The van der Waals surface area contributed by atoms with Gasteiger partial charge in [-0.05, 0) is 74.2 Å². The molecule has 0 spiro atoms. The molecule has 1 aliphatic rings. The zero-order chi connectivity index (χ0) is 20.5. The SMILES string of the molecule is CCc1ccc(C2=N/C(=C\c3cc(C)c(-c4ccc(CC)s4)[nH]3)C(C=O)=C2C)s1. The molecule has 0 radical (unpaired) electrons. The number of carbonyl (C=O) groups excluding carboxylic acids is 1. The van der Waals surface area contributed by atoms with Gasteiger partial charge in [-0.1, -0.05) is 13.8 Å². The van der Waals surface area contributed by atoms with E-state index in [0.717, 1.165) is 52.4 Å². The fourth-order valence-electron chi connectivity index (χ4n) is 3.55. The third kappa shape index (κ3) is 3.72. The van der Waals surface area contributed by atoms with E-state index in [0.29, 0.717) is 5.57 Å². The Kier molecular flexibility index (Phi) is 5.52. The first-order valence-electron chi connectivity index (χ1n) is 9.89. The normalized spacial score (nSPS) is 15.4. The molecule has 0 fully saturated rings. The van der Waals surface area contributed by atoms with Gasteiger partial charge in [0.2, 0.25) is 0 Å². The number of thiophene rings is 2. The molecule has 29 heavy (non-hydrogen) atoms. The van der Waals surface area contributed by atoms with E-state index < -0.39 is 0 Å². The summed E-state index contributed by atoms with van der Waals surface area (Å²) in [5.74, 6) is 0. The van der Waals surface area contributed by atoms with Crippen LogP contribution in [-0.2, 0) is 17.6 Å². The second-order valence-corrected chi connectivity index (χ2v) is 9.50. The second kappa shape index (κ2) is 8.09. The van der Waals surface area contributed by atoms with Crippen molar-refractivity contribution in [1.82, 2.24) is 4.98 Å². The van der Waals surface area contributed by atoms with Gasteiger partial charge in [0.05, 0.1) is 26.9 Å². The fourth-order valence-corrected chi connectivity index (χ4v) is 5.55. The zero-order valence-electron chi connectivity index (χ0n) is 17.1. The van der Waals surface area contributed by atoms with Crippen molar-refractivity contribution in [2.75, 3.05) is 0 Å². The first kappa shape index (κ1) is 19.8. The predicted octanol–water partition coefficient (Wildman–Crippen LogP) is 6.60. The van der Waals surface area contributed by atoms with Crippen molar-refractivity contribution in [3.05, 3.63) is 73.1 Å². The number of hydrogen-bond acceptors (Lipinski definition) is 4. The molecule has 3 nitrogen and oxygen atoms in total. The van der Waals surface area contributed by atoms with Gasteiger partial charge in [0.1, 0.15) is 0 Å². The summed E-state index contributed by atoms with van der Waals surface area (Å²) in [5.41, 5.74) is 6.57. The third-order valence-electron chi connectivity index (χ3n) is 5.21. The van der Waals surface area contributed by atoms with Crippen molar-refractivity contribution in [2.45, 2.75) is 40.5 Å². The van der Waals surface area contributed by atoms with E-state index in [1.54, 1.807) is 11.3 Å². The fraction of sp³-hybridized carbons (Fsp3) is 0.250. The van der Waals surface area contributed by atoms with Gasteiger partial charge >= 0.3 is 0 Å². The predicted molar refractivity (Wildman–Crippen MR) is 125 cm³/mol. The Morgan fingerprint density at radius 3 is 2.28 bits per heavy atom. The topological polar surface area (TPSA) is 45.2 Å². The van der Waals surface area contributed by atoms with E-state index in [1.807, 2.05) is 24.3 Å². The Labute approximate surface area is 179 Å². The Morgan fingerprint density at radius 2 is 1.66 bits per heavy atom. The Balaban J connectivity index is 1.72. The minimum atomic E-state index is 0.671. The molecular weight excluding hydrogens is 396 g/mol. The number of aliphatic imine (C=N–C) groups is 1. The first-order valence-corrected chi connectivity index (χ1v) is 11.5. The van der Waals surface area contributed by atoms with Gasteiger partial charge in [-0.2, -0.15) is 0 Å². The number of H-pyrrole nitrogens is 1. The number of carbonyl (C=O) groups is 1. The highest BCUT2D eigenvalue weighted by molar-refractivity contribution is 7.15.